The Labute approximate surface area is 189 Å². The van der Waals surface area contributed by atoms with Gasteiger partial charge in [-0.05, 0) is 25.0 Å². The summed E-state index contributed by atoms with van der Waals surface area (Å²) in [6.07, 6.45) is 0.860. The van der Waals surface area contributed by atoms with E-state index in [1.54, 1.807) is 10.6 Å². The number of Topliss-reactive ketones (excluding diaryl/α,β-unsaturated/α-hetero) is 1. The van der Waals surface area contributed by atoms with Crippen LogP contribution in [0.1, 0.15) is 35.6 Å². The van der Waals surface area contributed by atoms with E-state index in [0.717, 1.165) is 17.7 Å². The number of ketones is 1. The van der Waals surface area contributed by atoms with E-state index in [2.05, 4.69) is 15.5 Å². The number of nitrogens with one attached hydrogen (secondary N) is 1. The number of nitrogens with zero attached hydrogens (tertiary/aromatic N) is 4. The topological polar surface area (TPSA) is 120 Å². The zero-order valence-corrected chi connectivity index (χ0v) is 18.6. The molecule has 3 rings (SSSR count). The highest BCUT2D eigenvalue weighted by atomic mass is 32.2. The minimum atomic E-state index is -0.534. The molecule has 2 aromatic carbocycles. The normalized spacial score (nSPS) is 10.7. The molecular formula is C22H23N5O4S. The summed E-state index contributed by atoms with van der Waals surface area (Å²) in [6.45, 7) is 4.47. The molecule has 0 radical (unpaired) electrons. The Morgan fingerprint density at radius 1 is 1.12 bits per heavy atom. The van der Waals surface area contributed by atoms with Crippen molar-refractivity contribution in [3.05, 3.63) is 75.6 Å². The summed E-state index contributed by atoms with van der Waals surface area (Å²) in [5.41, 5.74) is 1.97. The molecule has 166 valence electrons. The van der Waals surface area contributed by atoms with E-state index in [0.29, 0.717) is 17.5 Å². The number of hydrogen-bond acceptors (Lipinski definition) is 7. The van der Waals surface area contributed by atoms with Gasteiger partial charge in [0.15, 0.2) is 10.9 Å². The average molecular weight is 454 g/mol. The van der Waals surface area contributed by atoms with Crippen LogP contribution in [-0.2, 0) is 24.2 Å². The lowest BCUT2D eigenvalue weighted by Crippen LogP contribution is -2.18. The van der Waals surface area contributed by atoms with Gasteiger partial charge in [-0.15, -0.1) is 10.2 Å². The van der Waals surface area contributed by atoms with Gasteiger partial charge in [0.2, 0.25) is 5.91 Å². The fraction of sp³-hybridized carbons (Fsp3) is 0.273. The van der Waals surface area contributed by atoms with Crippen molar-refractivity contribution in [3.63, 3.8) is 0 Å². The SMILES string of the molecule is CCc1ccccc1NC(=O)Cc1nnc(SCC(=O)c2cccc([N+](=O)[O-])c2)n1CC. The molecule has 10 heteroatoms. The molecule has 9 nitrogen and oxygen atoms in total. The van der Waals surface area contributed by atoms with Crippen molar-refractivity contribution in [2.24, 2.45) is 0 Å². The van der Waals surface area contributed by atoms with Crippen LogP contribution in [0.5, 0.6) is 0 Å². The van der Waals surface area contributed by atoms with Crippen molar-refractivity contribution in [1.29, 1.82) is 0 Å². The molecular weight excluding hydrogens is 430 g/mol. The van der Waals surface area contributed by atoms with E-state index in [1.807, 2.05) is 38.1 Å². The number of thioether (sulfide) groups is 1. The van der Waals surface area contributed by atoms with Crippen LogP contribution >= 0.6 is 11.8 Å². The Morgan fingerprint density at radius 2 is 1.91 bits per heavy atom. The molecule has 0 bridgehead atoms. The predicted octanol–water partition coefficient (Wildman–Crippen LogP) is 3.92. The summed E-state index contributed by atoms with van der Waals surface area (Å²) in [6, 6.07) is 13.3. The Kier molecular flexibility index (Phi) is 7.72. The van der Waals surface area contributed by atoms with Crippen molar-refractivity contribution in [3.8, 4) is 0 Å². The maximum absolute atomic E-state index is 12.6. The van der Waals surface area contributed by atoms with Gasteiger partial charge in [-0.3, -0.25) is 19.7 Å². The Balaban J connectivity index is 1.65. The minimum Gasteiger partial charge on any atom is -0.325 e. The number of amides is 1. The summed E-state index contributed by atoms with van der Waals surface area (Å²) in [5.74, 6) is 0.108. The van der Waals surface area contributed by atoms with E-state index < -0.39 is 4.92 Å². The number of carbonyl (C=O) groups excluding carboxylic acids is 2. The molecule has 0 spiro atoms. The number of carbonyl (C=O) groups is 2. The number of aryl methyl sites for hydroxylation is 1. The fourth-order valence-corrected chi connectivity index (χ4v) is 4.08. The van der Waals surface area contributed by atoms with Gasteiger partial charge in [-0.2, -0.15) is 0 Å². The molecule has 1 N–H and O–H groups in total. The monoisotopic (exact) mass is 453 g/mol. The summed E-state index contributed by atoms with van der Waals surface area (Å²) >= 11 is 1.19. The lowest BCUT2D eigenvalue weighted by atomic mass is 10.1. The van der Waals surface area contributed by atoms with Crippen LogP contribution in [0.25, 0.3) is 0 Å². The molecule has 0 atom stereocenters. The Morgan fingerprint density at radius 3 is 2.62 bits per heavy atom. The lowest BCUT2D eigenvalue weighted by Gasteiger charge is -2.10. The molecule has 32 heavy (non-hydrogen) atoms. The fourth-order valence-electron chi connectivity index (χ4n) is 3.17. The Bertz CT molecular complexity index is 1140. The van der Waals surface area contributed by atoms with Gasteiger partial charge in [-0.25, -0.2) is 0 Å². The summed E-state index contributed by atoms with van der Waals surface area (Å²) in [4.78, 5) is 35.4. The number of benzene rings is 2. The summed E-state index contributed by atoms with van der Waals surface area (Å²) in [5, 5.41) is 22.6. The first-order chi connectivity index (χ1) is 15.4. The number of non-ortho nitro benzene ring substituents is 1. The van der Waals surface area contributed by atoms with Gasteiger partial charge < -0.3 is 9.88 Å². The maximum Gasteiger partial charge on any atom is 0.270 e. The van der Waals surface area contributed by atoms with Crippen LogP contribution < -0.4 is 5.32 Å². The smallest absolute Gasteiger partial charge is 0.270 e. The van der Waals surface area contributed by atoms with Crippen LogP contribution in [0.4, 0.5) is 11.4 Å². The van der Waals surface area contributed by atoms with Gasteiger partial charge in [0.25, 0.3) is 5.69 Å². The lowest BCUT2D eigenvalue weighted by molar-refractivity contribution is -0.384. The molecule has 0 saturated carbocycles. The first-order valence-electron chi connectivity index (χ1n) is 10.1. The van der Waals surface area contributed by atoms with Crippen molar-refractivity contribution < 1.29 is 14.5 Å². The van der Waals surface area contributed by atoms with Crippen LogP contribution in [-0.4, -0.2) is 37.1 Å². The van der Waals surface area contributed by atoms with Gasteiger partial charge in [0.05, 0.1) is 17.1 Å². The van der Waals surface area contributed by atoms with Crippen molar-refractivity contribution in [2.45, 2.75) is 38.4 Å². The van der Waals surface area contributed by atoms with E-state index in [1.165, 1.54) is 30.0 Å². The largest absolute Gasteiger partial charge is 0.325 e. The number of para-hydroxylation sites is 1. The van der Waals surface area contributed by atoms with Crippen molar-refractivity contribution in [2.75, 3.05) is 11.1 Å². The second kappa shape index (κ2) is 10.7. The van der Waals surface area contributed by atoms with Crippen molar-refractivity contribution >= 4 is 34.8 Å². The summed E-state index contributed by atoms with van der Waals surface area (Å²) in [7, 11) is 0. The minimum absolute atomic E-state index is 0.0510. The zero-order chi connectivity index (χ0) is 23.1. The van der Waals surface area contributed by atoms with Gasteiger partial charge in [0.1, 0.15) is 5.82 Å². The van der Waals surface area contributed by atoms with E-state index >= 15 is 0 Å². The molecule has 1 amide bonds. The molecule has 0 unspecified atom stereocenters. The second-order valence-electron chi connectivity index (χ2n) is 6.90. The molecule has 0 aliphatic heterocycles. The molecule has 0 saturated heterocycles. The summed E-state index contributed by atoms with van der Waals surface area (Å²) < 4.78 is 1.79. The van der Waals surface area contributed by atoms with E-state index in [4.69, 9.17) is 0 Å². The number of aromatic nitrogens is 3. The third kappa shape index (κ3) is 5.58. The van der Waals surface area contributed by atoms with Crippen LogP contribution in [0, 0.1) is 10.1 Å². The second-order valence-corrected chi connectivity index (χ2v) is 7.84. The first kappa shape index (κ1) is 23.1. The quantitative estimate of drug-likeness (QED) is 0.214. The highest BCUT2D eigenvalue weighted by Gasteiger charge is 2.18. The van der Waals surface area contributed by atoms with Crippen molar-refractivity contribution in [1.82, 2.24) is 14.8 Å². The number of nitro groups is 1. The van der Waals surface area contributed by atoms with Gasteiger partial charge in [-0.1, -0.05) is 49.0 Å². The third-order valence-electron chi connectivity index (χ3n) is 4.81. The third-order valence-corrected chi connectivity index (χ3v) is 5.78. The predicted molar refractivity (Wildman–Crippen MR) is 122 cm³/mol. The van der Waals surface area contributed by atoms with Gasteiger partial charge in [0, 0.05) is 29.9 Å². The first-order valence-corrected chi connectivity index (χ1v) is 11.1. The van der Waals surface area contributed by atoms with E-state index in [-0.39, 0.29) is 35.1 Å². The molecule has 3 aromatic rings. The van der Waals surface area contributed by atoms with E-state index in [9.17, 15) is 19.7 Å². The molecule has 1 aromatic heterocycles. The number of hydrogen-bond donors (Lipinski definition) is 1. The molecule has 0 aliphatic rings. The van der Waals surface area contributed by atoms with Gasteiger partial charge >= 0.3 is 0 Å². The Hall–Kier alpha value is -3.53. The standard InChI is InChI=1S/C22H23N5O4S/c1-3-15-8-5-6-11-18(15)23-21(29)13-20-24-25-22(26(20)4-2)32-14-19(28)16-9-7-10-17(12-16)27(30)31/h5-12H,3-4,13-14H2,1-2H3,(H,23,29). The molecule has 0 aliphatic carbocycles. The molecule has 0 fully saturated rings. The number of anilines is 1. The van der Waals surface area contributed by atoms with Crippen LogP contribution in [0.2, 0.25) is 0 Å². The molecule has 1 heterocycles. The highest BCUT2D eigenvalue weighted by Crippen LogP contribution is 2.21. The number of nitro benzene ring substituents is 1. The highest BCUT2D eigenvalue weighted by molar-refractivity contribution is 7.99. The van der Waals surface area contributed by atoms with Crippen LogP contribution in [0.3, 0.4) is 0 Å². The number of rotatable bonds is 10. The zero-order valence-electron chi connectivity index (χ0n) is 17.8. The average Bonchev–Trinajstić information content (AvgIpc) is 3.18. The van der Waals surface area contributed by atoms with Crippen LogP contribution in [0.15, 0.2) is 53.7 Å². The maximum atomic E-state index is 12.6.